The third-order valence-corrected chi connectivity index (χ3v) is 6.66. The minimum absolute atomic E-state index is 0.0242. The van der Waals surface area contributed by atoms with Gasteiger partial charge in [0.1, 0.15) is 0 Å². The van der Waals surface area contributed by atoms with E-state index in [1.807, 2.05) is 18.4 Å². The molecule has 1 aromatic rings. The third kappa shape index (κ3) is 6.10. The highest BCUT2D eigenvalue weighted by Crippen LogP contribution is 2.24. The van der Waals surface area contributed by atoms with Gasteiger partial charge in [0.15, 0.2) is 5.96 Å². The Morgan fingerprint density at radius 3 is 2.82 bits per heavy atom. The maximum atomic E-state index is 11.4. The van der Waals surface area contributed by atoms with Gasteiger partial charge in [-0.05, 0) is 62.7 Å². The zero-order valence-electron chi connectivity index (χ0n) is 16.9. The number of guanidine groups is 1. The average molecular weight is 407 g/mol. The second-order valence-corrected chi connectivity index (χ2v) is 8.68. The van der Waals surface area contributed by atoms with E-state index in [2.05, 4.69) is 42.9 Å². The van der Waals surface area contributed by atoms with Crippen molar-refractivity contribution in [3.8, 4) is 0 Å². The summed E-state index contributed by atoms with van der Waals surface area (Å²) in [6.07, 6.45) is 5.28. The molecule has 0 saturated carbocycles. The lowest BCUT2D eigenvalue weighted by Gasteiger charge is -2.33. The zero-order chi connectivity index (χ0) is 19.8. The summed E-state index contributed by atoms with van der Waals surface area (Å²) in [6.45, 7) is 5.93. The van der Waals surface area contributed by atoms with Crippen LogP contribution in [0.25, 0.3) is 0 Å². The van der Waals surface area contributed by atoms with E-state index in [1.54, 1.807) is 0 Å². The molecular formula is C20H34N6OS. The summed E-state index contributed by atoms with van der Waals surface area (Å²) in [7, 11) is 1.83. The lowest BCUT2D eigenvalue weighted by molar-refractivity contribution is -0.123. The molecule has 8 heteroatoms. The van der Waals surface area contributed by atoms with E-state index >= 15 is 0 Å². The molecule has 3 rings (SSSR count). The topological polar surface area (TPSA) is 86.0 Å². The van der Waals surface area contributed by atoms with Crippen molar-refractivity contribution in [3.63, 3.8) is 0 Å². The second kappa shape index (κ2) is 10.7. The molecule has 1 aromatic heterocycles. The maximum absolute atomic E-state index is 11.4. The number of nitrogens with zero attached hydrogens (tertiary/aromatic N) is 3. The van der Waals surface area contributed by atoms with Crippen LogP contribution in [0, 0.1) is 5.92 Å². The molecule has 3 heterocycles. The van der Waals surface area contributed by atoms with Gasteiger partial charge in [-0.1, -0.05) is 0 Å². The number of carbonyl (C=O) groups is 1. The van der Waals surface area contributed by atoms with Gasteiger partial charge in [-0.15, -0.1) is 11.3 Å². The number of hydrogen-bond acceptors (Lipinski definition) is 5. The van der Waals surface area contributed by atoms with Crippen LogP contribution < -0.4 is 21.3 Å². The molecule has 2 aliphatic heterocycles. The molecule has 0 aliphatic carbocycles. The Hall–Kier alpha value is -1.80. The van der Waals surface area contributed by atoms with Gasteiger partial charge in [-0.2, -0.15) is 0 Å². The van der Waals surface area contributed by atoms with E-state index in [1.165, 1.54) is 5.00 Å². The molecule has 2 saturated heterocycles. The molecule has 156 valence electrons. The molecule has 0 aromatic carbocycles. The number of hydrogen-bond donors (Lipinski definition) is 3. The molecule has 1 unspecified atom stereocenters. The first-order valence-corrected chi connectivity index (χ1v) is 11.3. The highest BCUT2D eigenvalue weighted by atomic mass is 32.1. The van der Waals surface area contributed by atoms with E-state index < -0.39 is 0 Å². The molecule has 4 N–H and O–H groups in total. The summed E-state index contributed by atoms with van der Waals surface area (Å²) in [4.78, 5) is 20.6. The van der Waals surface area contributed by atoms with Crippen LogP contribution in [0.15, 0.2) is 22.5 Å². The van der Waals surface area contributed by atoms with Crippen molar-refractivity contribution in [2.45, 2.75) is 38.1 Å². The molecular weight excluding hydrogens is 372 g/mol. The van der Waals surface area contributed by atoms with Crippen LogP contribution in [0.1, 0.15) is 32.1 Å². The SMILES string of the molecule is CN=C(NCCCN1CCCC(C(N)=O)C1)NC1CCN(c2cccs2)CC1. The average Bonchev–Trinajstić information content (AvgIpc) is 3.26. The van der Waals surface area contributed by atoms with Gasteiger partial charge < -0.3 is 26.2 Å². The first-order valence-electron chi connectivity index (χ1n) is 10.4. The monoisotopic (exact) mass is 406 g/mol. The normalized spacial score (nSPS) is 22.2. The van der Waals surface area contributed by atoms with Gasteiger partial charge in [0, 0.05) is 39.3 Å². The van der Waals surface area contributed by atoms with Gasteiger partial charge >= 0.3 is 0 Å². The summed E-state index contributed by atoms with van der Waals surface area (Å²) in [6, 6.07) is 4.79. The summed E-state index contributed by atoms with van der Waals surface area (Å²) >= 11 is 1.82. The summed E-state index contributed by atoms with van der Waals surface area (Å²) in [5, 5.41) is 10.5. The Labute approximate surface area is 172 Å². The number of rotatable bonds is 7. The van der Waals surface area contributed by atoms with Crippen LogP contribution in [0.4, 0.5) is 5.00 Å². The Bertz CT molecular complexity index is 627. The van der Waals surface area contributed by atoms with Crippen LogP contribution >= 0.6 is 11.3 Å². The van der Waals surface area contributed by atoms with Crippen molar-refractivity contribution in [1.82, 2.24) is 15.5 Å². The predicted octanol–water partition coefficient (Wildman–Crippen LogP) is 1.47. The first kappa shape index (κ1) is 20.9. The Morgan fingerprint density at radius 2 is 2.14 bits per heavy atom. The van der Waals surface area contributed by atoms with E-state index in [9.17, 15) is 4.79 Å². The number of thiophene rings is 1. The molecule has 7 nitrogen and oxygen atoms in total. The number of anilines is 1. The maximum Gasteiger partial charge on any atom is 0.221 e. The number of amides is 1. The smallest absolute Gasteiger partial charge is 0.221 e. The molecule has 2 aliphatic rings. The molecule has 2 fully saturated rings. The van der Waals surface area contributed by atoms with Crippen LogP contribution in [0.2, 0.25) is 0 Å². The minimum atomic E-state index is -0.155. The highest BCUT2D eigenvalue weighted by Gasteiger charge is 2.23. The van der Waals surface area contributed by atoms with Gasteiger partial charge in [-0.3, -0.25) is 9.79 Å². The number of likely N-dealkylation sites (tertiary alicyclic amines) is 1. The Kier molecular flexibility index (Phi) is 7.97. The van der Waals surface area contributed by atoms with Gasteiger partial charge in [-0.25, -0.2) is 0 Å². The van der Waals surface area contributed by atoms with E-state index in [-0.39, 0.29) is 11.8 Å². The van der Waals surface area contributed by atoms with Crippen molar-refractivity contribution in [3.05, 3.63) is 17.5 Å². The van der Waals surface area contributed by atoms with Crippen molar-refractivity contribution in [1.29, 1.82) is 0 Å². The Morgan fingerprint density at radius 1 is 1.32 bits per heavy atom. The lowest BCUT2D eigenvalue weighted by Crippen LogP contribution is -2.49. The van der Waals surface area contributed by atoms with E-state index in [0.717, 1.165) is 77.3 Å². The largest absolute Gasteiger partial charge is 0.369 e. The Balaban J connectivity index is 1.31. The van der Waals surface area contributed by atoms with Crippen molar-refractivity contribution < 1.29 is 4.79 Å². The molecule has 1 atom stereocenters. The number of piperidine rings is 2. The second-order valence-electron chi connectivity index (χ2n) is 7.75. The molecule has 1 amide bonds. The summed E-state index contributed by atoms with van der Waals surface area (Å²) in [5.74, 6) is 0.761. The van der Waals surface area contributed by atoms with Gasteiger partial charge in [0.2, 0.25) is 5.91 Å². The van der Waals surface area contributed by atoms with Crippen LogP contribution in [-0.4, -0.2) is 69.1 Å². The fourth-order valence-corrected chi connectivity index (χ4v) is 4.87. The van der Waals surface area contributed by atoms with E-state index in [0.29, 0.717) is 6.04 Å². The molecule has 0 spiro atoms. The van der Waals surface area contributed by atoms with Gasteiger partial charge in [0.05, 0.1) is 10.9 Å². The molecule has 0 bridgehead atoms. The van der Waals surface area contributed by atoms with E-state index in [4.69, 9.17) is 5.73 Å². The number of nitrogens with one attached hydrogen (secondary N) is 2. The molecule has 28 heavy (non-hydrogen) atoms. The summed E-state index contributed by atoms with van der Waals surface area (Å²) in [5.41, 5.74) is 5.46. The number of carbonyl (C=O) groups excluding carboxylic acids is 1. The standard InChI is InChI=1S/C20H34N6OS/c1-22-20(23-9-4-11-25-10-2-5-16(15-25)19(21)27)24-17-7-12-26(13-8-17)18-6-3-14-28-18/h3,6,14,16-17H,2,4-5,7-13,15H2,1H3,(H2,21,27)(H2,22,23,24). The fourth-order valence-electron chi connectivity index (χ4n) is 4.08. The minimum Gasteiger partial charge on any atom is -0.369 e. The lowest BCUT2D eigenvalue weighted by atomic mass is 9.97. The van der Waals surface area contributed by atoms with Crippen LogP contribution in [0.5, 0.6) is 0 Å². The number of aliphatic imine (C=N–C) groups is 1. The fraction of sp³-hybridized carbons (Fsp3) is 0.700. The van der Waals surface area contributed by atoms with Crippen molar-refractivity contribution in [2.75, 3.05) is 51.2 Å². The highest BCUT2D eigenvalue weighted by molar-refractivity contribution is 7.14. The number of nitrogens with two attached hydrogens (primary N) is 1. The number of primary amides is 1. The summed E-state index contributed by atoms with van der Waals surface area (Å²) < 4.78 is 0. The van der Waals surface area contributed by atoms with Crippen molar-refractivity contribution >= 4 is 28.2 Å². The molecule has 0 radical (unpaired) electrons. The van der Waals surface area contributed by atoms with Crippen LogP contribution in [-0.2, 0) is 4.79 Å². The quantitative estimate of drug-likeness (QED) is 0.363. The van der Waals surface area contributed by atoms with Crippen LogP contribution in [0.3, 0.4) is 0 Å². The third-order valence-electron chi connectivity index (χ3n) is 5.73. The first-order chi connectivity index (χ1) is 13.7. The van der Waals surface area contributed by atoms with Gasteiger partial charge in [0.25, 0.3) is 0 Å². The van der Waals surface area contributed by atoms with Crippen molar-refractivity contribution in [2.24, 2.45) is 16.6 Å². The zero-order valence-corrected chi connectivity index (χ0v) is 17.7. The predicted molar refractivity (Wildman–Crippen MR) is 117 cm³/mol.